The lowest BCUT2D eigenvalue weighted by atomic mass is 10.0. The average Bonchev–Trinajstić information content (AvgIpc) is 3.17. The van der Waals surface area contributed by atoms with E-state index in [1.54, 1.807) is 5.20 Å². The maximum absolute atomic E-state index is 6.15. The van der Waals surface area contributed by atoms with Crippen LogP contribution in [0.2, 0.25) is 13.1 Å². The SMILES string of the molecule is C=CCOc1c(C[Si](C)(C)C2=CC=CC2)cccc1-c1ccccc1. The Morgan fingerprint density at radius 3 is 2.56 bits per heavy atom. The van der Waals surface area contributed by atoms with E-state index in [-0.39, 0.29) is 0 Å². The van der Waals surface area contributed by atoms with Crippen molar-refractivity contribution in [3.05, 3.63) is 90.2 Å². The summed E-state index contributed by atoms with van der Waals surface area (Å²) in [6.07, 6.45) is 9.70. The molecule has 1 aliphatic rings. The zero-order chi connectivity index (χ0) is 17.7. The first-order valence-corrected chi connectivity index (χ1v) is 12.1. The number of benzene rings is 2. The van der Waals surface area contributed by atoms with Crippen molar-refractivity contribution in [3.63, 3.8) is 0 Å². The summed E-state index contributed by atoms with van der Waals surface area (Å²) >= 11 is 0. The topological polar surface area (TPSA) is 9.23 Å². The molecule has 0 heterocycles. The summed E-state index contributed by atoms with van der Waals surface area (Å²) in [5.41, 5.74) is 3.68. The van der Waals surface area contributed by atoms with E-state index in [4.69, 9.17) is 4.74 Å². The van der Waals surface area contributed by atoms with Crippen LogP contribution in [-0.4, -0.2) is 14.7 Å². The van der Waals surface area contributed by atoms with Gasteiger partial charge in [0, 0.05) is 5.56 Å². The van der Waals surface area contributed by atoms with Gasteiger partial charge in [0.1, 0.15) is 12.4 Å². The molecule has 1 nitrogen and oxygen atoms in total. The summed E-state index contributed by atoms with van der Waals surface area (Å²) < 4.78 is 6.15. The molecule has 0 atom stereocenters. The summed E-state index contributed by atoms with van der Waals surface area (Å²) in [6.45, 7) is 9.26. The van der Waals surface area contributed by atoms with Gasteiger partial charge in [0.25, 0.3) is 0 Å². The highest BCUT2D eigenvalue weighted by Crippen LogP contribution is 2.36. The van der Waals surface area contributed by atoms with Crippen molar-refractivity contribution in [2.24, 2.45) is 0 Å². The maximum Gasteiger partial charge on any atom is 0.130 e. The average molecular weight is 347 g/mol. The fourth-order valence-electron chi connectivity index (χ4n) is 3.42. The van der Waals surface area contributed by atoms with Gasteiger partial charge in [0.2, 0.25) is 0 Å². The van der Waals surface area contributed by atoms with Crippen LogP contribution in [0.4, 0.5) is 0 Å². The Morgan fingerprint density at radius 2 is 1.88 bits per heavy atom. The van der Waals surface area contributed by atoms with E-state index >= 15 is 0 Å². The Balaban J connectivity index is 1.99. The number of hydrogen-bond donors (Lipinski definition) is 0. The van der Waals surface area contributed by atoms with Crippen LogP contribution < -0.4 is 4.74 Å². The first kappa shape index (κ1) is 17.5. The van der Waals surface area contributed by atoms with Crippen LogP contribution in [0.3, 0.4) is 0 Å². The first-order chi connectivity index (χ1) is 12.1. The molecular weight excluding hydrogens is 320 g/mol. The van der Waals surface area contributed by atoms with Gasteiger partial charge in [-0.25, -0.2) is 0 Å². The van der Waals surface area contributed by atoms with Crippen molar-refractivity contribution in [1.29, 1.82) is 0 Å². The lowest BCUT2D eigenvalue weighted by Crippen LogP contribution is -2.32. The molecule has 0 saturated carbocycles. The van der Waals surface area contributed by atoms with Gasteiger partial charge in [0.15, 0.2) is 0 Å². The Labute approximate surface area is 152 Å². The van der Waals surface area contributed by atoms with Gasteiger partial charge >= 0.3 is 0 Å². The number of hydrogen-bond acceptors (Lipinski definition) is 1. The van der Waals surface area contributed by atoms with Crippen LogP contribution in [0.25, 0.3) is 11.1 Å². The van der Waals surface area contributed by atoms with E-state index in [1.807, 2.05) is 12.1 Å². The summed E-state index contributed by atoms with van der Waals surface area (Å²) in [5.74, 6) is 1.01. The Bertz CT molecular complexity index is 800. The highest BCUT2D eigenvalue weighted by atomic mass is 28.3. The molecule has 3 rings (SSSR count). The number of para-hydroxylation sites is 1. The fourth-order valence-corrected chi connectivity index (χ4v) is 6.10. The van der Waals surface area contributed by atoms with Crippen LogP contribution in [0.15, 0.2) is 84.6 Å². The van der Waals surface area contributed by atoms with Crippen molar-refractivity contribution in [2.45, 2.75) is 25.6 Å². The minimum Gasteiger partial charge on any atom is -0.489 e. The summed E-state index contributed by atoms with van der Waals surface area (Å²) in [6, 6.07) is 18.1. The molecule has 2 aromatic rings. The number of allylic oxidation sites excluding steroid dienone is 4. The van der Waals surface area contributed by atoms with E-state index in [0.29, 0.717) is 6.61 Å². The van der Waals surface area contributed by atoms with Crippen LogP contribution in [-0.2, 0) is 6.04 Å². The van der Waals surface area contributed by atoms with Crippen LogP contribution in [0.5, 0.6) is 5.75 Å². The molecule has 2 aromatic carbocycles. The molecule has 0 N–H and O–H groups in total. The van der Waals surface area contributed by atoms with E-state index < -0.39 is 8.07 Å². The lowest BCUT2D eigenvalue weighted by Gasteiger charge is -2.26. The van der Waals surface area contributed by atoms with E-state index in [9.17, 15) is 0 Å². The molecule has 0 aromatic heterocycles. The quantitative estimate of drug-likeness (QED) is 0.432. The smallest absolute Gasteiger partial charge is 0.130 e. The predicted octanol–water partition coefficient (Wildman–Crippen LogP) is 6.13. The van der Waals surface area contributed by atoms with Gasteiger partial charge in [-0.2, -0.15) is 0 Å². The maximum atomic E-state index is 6.15. The predicted molar refractivity (Wildman–Crippen MR) is 111 cm³/mol. The van der Waals surface area contributed by atoms with Gasteiger partial charge in [0.05, 0.1) is 8.07 Å². The molecule has 0 fully saturated rings. The Kier molecular flexibility index (Phi) is 5.39. The summed E-state index contributed by atoms with van der Waals surface area (Å²) in [5, 5.41) is 1.62. The largest absolute Gasteiger partial charge is 0.489 e. The standard InChI is InChI=1S/C23H26OSi/c1-4-17-24-23-20(18-25(2,3)21-14-8-9-15-21)13-10-16-22(23)19-11-6-5-7-12-19/h4-14,16H,1,15,17-18H2,2-3H3. The Morgan fingerprint density at radius 1 is 1.08 bits per heavy atom. The molecule has 0 bridgehead atoms. The van der Waals surface area contributed by atoms with Crippen molar-refractivity contribution in [3.8, 4) is 16.9 Å². The lowest BCUT2D eigenvalue weighted by molar-refractivity contribution is 0.361. The first-order valence-electron chi connectivity index (χ1n) is 8.89. The second-order valence-corrected chi connectivity index (χ2v) is 11.9. The summed E-state index contributed by atoms with van der Waals surface area (Å²) in [4.78, 5) is 0. The molecule has 25 heavy (non-hydrogen) atoms. The van der Waals surface area contributed by atoms with Crippen LogP contribution >= 0.6 is 0 Å². The third kappa shape index (κ3) is 4.02. The minimum absolute atomic E-state index is 0.531. The number of ether oxygens (including phenoxy) is 1. The van der Waals surface area contributed by atoms with E-state index in [1.165, 1.54) is 16.7 Å². The van der Waals surface area contributed by atoms with Gasteiger partial charge in [-0.1, -0.05) is 97.7 Å². The number of rotatable bonds is 7. The monoisotopic (exact) mass is 346 g/mol. The molecule has 0 unspecified atom stereocenters. The van der Waals surface area contributed by atoms with Gasteiger partial charge in [-0.15, -0.1) is 0 Å². The Hall–Kier alpha value is -2.32. The van der Waals surface area contributed by atoms with Crippen molar-refractivity contribution in [1.82, 2.24) is 0 Å². The summed E-state index contributed by atoms with van der Waals surface area (Å²) in [7, 11) is -1.51. The second kappa shape index (κ2) is 7.71. The molecule has 0 spiro atoms. The van der Waals surface area contributed by atoms with Crippen molar-refractivity contribution >= 4 is 8.07 Å². The fraction of sp³-hybridized carbons (Fsp3) is 0.217. The zero-order valence-electron chi connectivity index (χ0n) is 15.2. The van der Waals surface area contributed by atoms with Crippen molar-refractivity contribution < 1.29 is 4.74 Å². The third-order valence-electron chi connectivity index (χ3n) is 4.80. The van der Waals surface area contributed by atoms with E-state index in [0.717, 1.165) is 18.2 Å². The highest BCUT2D eigenvalue weighted by molar-refractivity contribution is 6.83. The minimum atomic E-state index is -1.51. The van der Waals surface area contributed by atoms with Gasteiger partial charge in [-0.3, -0.25) is 0 Å². The zero-order valence-corrected chi connectivity index (χ0v) is 16.2. The van der Waals surface area contributed by atoms with E-state index in [2.05, 4.69) is 80.4 Å². The molecular formula is C23H26OSi. The molecule has 0 amide bonds. The van der Waals surface area contributed by atoms with Gasteiger partial charge < -0.3 is 4.74 Å². The second-order valence-electron chi connectivity index (χ2n) is 7.14. The van der Waals surface area contributed by atoms with Crippen LogP contribution in [0, 0.1) is 0 Å². The van der Waals surface area contributed by atoms with Crippen LogP contribution in [0.1, 0.15) is 12.0 Å². The molecule has 0 saturated heterocycles. The highest BCUT2D eigenvalue weighted by Gasteiger charge is 2.28. The van der Waals surface area contributed by atoms with Gasteiger partial charge in [-0.05, 0) is 23.6 Å². The third-order valence-corrected chi connectivity index (χ3v) is 8.17. The van der Waals surface area contributed by atoms with Crippen molar-refractivity contribution in [2.75, 3.05) is 6.61 Å². The molecule has 0 aliphatic heterocycles. The molecule has 1 aliphatic carbocycles. The molecule has 0 radical (unpaired) electrons. The molecule has 2 heteroatoms. The molecule has 128 valence electrons. The normalized spacial score (nSPS) is 13.6.